The van der Waals surface area contributed by atoms with Crippen LogP contribution in [0.4, 0.5) is 0 Å². The fraction of sp³-hybridized carbons (Fsp3) is 0.154. The van der Waals surface area contributed by atoms with Gasteiger partial charge in [0.25, 0.3) is 11.8 Å². The molecule has 0 aromatic heterocycles. The first kappa shape index (κ1) is 24.2. The third kappa shape index (κ3) is 8.23. The van der Waals surface area contributed by atoms with Gasteiger partial charge < -0.3 is 9.47 Å². The molecule has 2 amide bonds. The molecule has 8 nitrogen and oxygen atoms in total. The van der Waals surface area contributed by atoms with E-state index in [2.05, 4.69) is 21.1 Å². The summed E-state index contributed by atoms with van der Waals surface area (Å²) in [6.45, 7) is 3.64. The lowest BCUT2D eigenvalue weighted by atomic mass is 10.1. The molecule has 174 valence electrons. The van der Waals surface area contributed by atoms with Crippen LogP contribution in [-0.4, -0.2) is 37.5 Å². The topological polar surface area (TPSA) is 101 Å². The second kappa shape index (κ2) is 12.5. The monoisotopic (exact) mass is 458 g/mol. The number of hydrogen-bond acceptors (Lipinski definition) is 6. The van der Waals surface area contributed by atoms with E-state index in [-0.39, 0.29) is 25.0 Å². The fourth-order valence-electron chi connectivity index (χ4n) is 2.72. The third-order valence-electron chi connectivity index (χ3n) is 4.56. The van der Waals surface area contributed by atoms with E-state index in [1.165, 1.54) is 12.4 Å². The lowest BCUT2D eigenvalue weighted by Crippen LogP contribution is -2.25. The summed E-state index contributed by atoms with van der Waals surface area (Å²) in [4.78, 5) is 23.9. The smallest absolute Gasteiger partial charge is 0.277 e. The molecule has 2 N–H and O–H groups in total. The van der Waals surface area contributed by atoms with Gasteiger partial charge in [0.1, 0.15) is 11.5 Å². The van der Waals surface area contributed by atoms with Crippen LogP contribution in [-0.2, 0) is 9.59 Å². The van der Waals surface area contributed by atoms with E-state index >= 15 is 0 Å². The highest BCUT2D eigenvalue weighted by Gasteiger charge is 2.03. The Morgan fingerprint density at radius 1 is 0.676 bits per heavy atom. The maximum Gasteiger partial charge on any atom is 0.277 e. The molecule has 3 aromatic rings. The van der Waals surface area contributed by atoms with Crippen molar-refractivity contribution in [3.8, 4) is 11.5 Å². The zero-order chi connectivity index (χ0) is 24.2. The Balaban J connectivity index is 1.45. The van der Waals surface area contributed by atoms with Crippen LogP contribution < -0.4 is 20.3 Å². The number of amides is 2. The summed E-state index contributed by atoms with van der Waals surface area (Å²) in [6.07, 6.45) is 2.99. The van der Waals surface area contributed by atoms with E-state index in [0.717, 1.165) is 11.1 Å². The highest BCUT2D eigenvalue weighted by molar-refractivity contribution is 5.95. The van der Waals surface area contributed by atoms with Crippen molar-refractivity contribution >= 4 is 24.2 Å². The van der Waals surface area contributed by atoms with Crippen LogP contribution >= 0.6 is 0 Å². The van der Waals surface area contributed by atoms with Crippen molar-refractivity contribution in [2.45, 2.75) is 13.8 Å². The molecule has 8 heteroatoms. The summed E-state index contributed by atoms with van der Waals surface area (Å²) >= 11 is 0. The molecular weight excluding hydrogens is 432 g/mol. The number of nitrogens with zero attached hydrogens (tertiary/aromatic N) is 2. The Morgan fingerprint density at radius 2 is 1.06 bits per heavy atom. The quantitative estimate of drug-likeness (QED) is 0.359. The van der Waals surface area contributed by atoms with Crippen molar-refractivity contribution in [1.29, 1.82) is 0 Å². The van der Waals surface area contributed by atoms with E-state index in [1.807, 2.05) is 62.4 Å². The Bertz CT molecular complexity index is 1060. The molecule has 0 radical (unpaired) electrons. The van der Waals surface area contributed by atoms with Gasteiger partial charge in [-0.2, -0.15) is 10.2 Å². The van der Waals surface area contributed by atoms with Crippen LogP contribution in [0.25, 0.3) is 0 Å². The summed E-state index contributed by atoms with van der Waals surface area (Å²) in [5.74, 6) is 0.447. The van der Waals surface area contributed by atoms with E-state index in [0.29, 0.717) is 22.6 Å². The number of nitrogens with one attached hydrogen (secondary N) is 2. The van der Waals surface area contributed by atoms with Gasteiger partial charge in [-0.25, -0.2) is 10.9 Å². The fourth-order valence-corrected chi connectivity index (χ4v) is 2.72. The van der Waals surface area contributed by atoms with E-state index in [1.54, 1.807) is 24.3 Å². The lowest BCUT2D eigenvalue weighted by molar-refractivity contribution is -0.123. The van der Waals surface area contributed by atoms with Gasteiger partial charge in [0.2, 0.25) is 0 Å². The van der Waals surface area contributed by atoms with Crippen LogP contribution in [0.2, 0.25) is 0 Å². The summed E-state index contributed by atoms with van der Waals surface area (Å²) < 4.78 is 10.8. The predicted molar refractivity (Wildman–Crippen MR) is 131 cm³/mol. The van der Waals surface area contributed by atoms with Crippen molar-refractivity contribution in [2.24, 2.45) is 10.2 Å². The van der Waals surface area contributed by atoms with Crippen molar-refractivity contribution in [1.82, 2.24) is 10.9 Å². The van der Waals surface area contributed by atoms with Gasteiger partial charge in [-0.15, -0.1) is 0 Å². The van der Waals surface area contributed by atoms with Gasteiger partial charge in [-0.05, 0) is 38.1 Å². The van der Waals surface area contributed by atoms with Crippen LogP contribution in [0.1, 0.15) is 22.3 Å². The van der Waals surface area contributed by atoms with Crippen molar-refractivity contribution in [2.75, 3.05) is 13.2 Å². The first-order valence-corrected chi connectivity index (χ1v) is 10.6. The summed E-state index contributed by atoms with van der Waals surface area (Å²) in [6, 6.07) is 22.1. The first-order valence-electron chi connectivity index (χ1n) is 10.6. The van der Waals surface area contributed by atoms with E-state index < -0.39 is 0 Å². The second-order valence-corrected chi connectivity index (χ2v) is 7.42. The number of aryl methyl sites for hydroxylation is 2. The lowest BCUT2D eigenvalue weighted by Gasteiger charge is -2.05. The maximum atomic E-state index is 12.0. The number of carbonyl (C=O) groups excluding carboxylic acids is 2. The molecule has 0 unspecified atom stereocenters. The van der Waals surface area contributed by atoms with E-state index in [4.69, 9.17) is 9.47 Å². The number of benzene rings is 3. The number of ether oxygens (including phenoxy) is 2. The average molecular weight is 459 g/mol. The van der Waals surface area contributed by atoms with Gasteiger partial charge in [-0.3, -0.25) is 9.59 Å². The maximum absolute atomic E-state index is 12.0. The number of hydrazone groups is 2. The average Bonchev–Trinajstić information content (AvgIpc) is 2.84. The van der Waals surface area contributed by atoms with Crippen LogP contribution in [0, 0.1) is 13.8 Å². The van der Waals surface area contributed by atoms with Gasteiger partial charge in [0.15, 0.2) is 13.2 Å². The zero-order valence-electron chi connectivity index (χ0n) is 19.0. The van der Waals surface area contributed by atoms with Gasteiger partial charge >= 0.3 is 0 Å². The molecule has 0 saturated heterocycles. The zero-order valence-corrected chi connectivity index (χ0v) is 19.0. The molecule has 34 heavy (non-hydrogen) atoms. The van der Waals surface area contributed by atoms with Gasteiger partial charge in [0.05, 0.1) is 12.4 Å². The molecule has 0 fully saturated rings. The summed E-state index contributed by atoms with van der Waals surface area (Å²) in [5, 5.41) is 7.93. The molecule has 3 rings (SSSR count). The van der Waals surface area contributed by atoms with Crippen LogP contribution in [0.15, 0.2) is 83.0 Å². The third-order valence-corrected chi connectivity index (χ3v) is 4.56. The number of hydrogen-bond donors (Lipinski definition) is 2. The standard InChI is InChI=1S/C26H26N4O4/c1-19-7-11-23(12-8-19)33-17-25(31)29-27-15-21-5-3-4-6-22(21)16-28-30-26(32)18-34-24-13-9-20(2)10-14-24/h3-16H,17-18H2,1-2H3,(H,29,31)(H,30,32)/b27-15-,28-16-. The molecule has 0 aliphatic carbocycles. The molecule has 0 aliphatic heterocycles. The normalized spacial score (nSPS) is 10.9. The molecule has 3 aromatic carbocycles. The summed E-state index contributed by atoms with van der Waals surface area (Å²) in [5.41, 5.74) is 8.48. The largest absolute Gasteiger partial charge is 0.484 e. The Morgan fingerprint density at radius 3 is 1.44 bits per heavy atom. The highest BCUT2D eigenvalue weighted by atomic mass is 16.5. The predicted octanol–water partition coefficient (Wildman–Crippen LogP) is 3.36. The van der Waals surface area contributed by atoms with Crippen molar-refractivity contribution < 1.29 is 19.1 Å². The Labute approximate surface area is 198 Å². The molecule has 0 heterocycles. The Kier molecular flexibility index (Phi) is 8.92. The minimum absolute atomic E-state index is 0.153. The Hall–Kier alpha value is -4.46. The SMILES string of the molecule is Cc1ccc(OCC(=O)N/N=C\c2ccccc2/C=N\NC(=O)COc2ccc(C)cc2)cc1. The highest BCUT2D eigenvalue weighted by Crippen LogP contribution is 2.12. The molecule has 0 bridgehead atoms. The van der Waals surface area contributed by atoms with Crippen molar-refractivity contribution in [3.63, 3.8) is 0 Å². The minimum Gasteiger partial charge on any atom is -0.484 e. The number of carbonyl (C=O) groups is 2. The summed E-state index contributed by atoms with van der Waals surface area (Å²) in [7, 11) is 0. The number of rotatable bonds is 10. The van der Waals surface area contributed by atoms with Crippen LogP contribution in [0.5, 0.6) is 11.5 Å². The van der Waals surface area contributed by atoms with Gasteiger partial charge in [-0.1, -0.05) is 59.7 Å². The molecule has 0 spiro atoms. The first-order chi connectivity index (χ1) is 16.5. The van der Waals surface area contributed by atoms with Crippen molar-refractivity contribution in [3.05, 3.63) is 95.1 Å². The molecular formula is C26H26N4O4. The van der Waals surface area contributed by atoms with Gasteiger partial charge in [0, 0.05) is 11.1 Å². The molecule has 0 atom stereocenters. The molecule has 0 aliphatic rings. The minimum atomic E-state index is -0.385. The molecule has 0 saturated carbocycles. The second-order valence-electron chi connectivity index (χ2n) is 7.42. The van der Waals surface area contributed by atoms with Crippen LogP contribution in [0.3, 0.4) is 0 Å². The van der Waals surface area contributed by atoms with E-state index in [9.17, 15) is 9.59 Å².